The zero-order chi connectivity index (χ0) is 12.8. The zero-order valence-corrected chi connectivity index (χ0v) is 9.81. The summed E-state index contributed by atoms with van der Waals surface area (Å²) in [5, 5.41) is 8.54. The molecule has 0 aromatic heterocycles. The fraction of sp³-hybridized carbons (Fsp3) is 0.308. The van der Waals surface area contributed by atoms with E-state index in [2.05, 4.69) is 0 Å². The van der Waals surface area contributed by atoms with Crippen molar-refractivity contribution in [1.29, 1.82) is 0 Å². The van der Waals surface area contributed by atoms with E-state index in [-0.39, 0.29) is 6.10 Å². The fourth-order valence-corrected chi connectivity index (χ4v) is 1.27. The lowest BCUT2D eigenvalue weighted by molar-refractivity contribution is -0.131. The van der Waals surface area contributed by atoms with Gasteiger partial charge in [-0.05, 0) is 43.2 Å². The smallest absolute Gasteiger partial charge is 0.328 e. The van der Waals surface area contributed by atoms with Gasteiger partial charge in [-0.1, -0.05) is 6.07 Å². The molecule has 0 radical (unpaired) electrons. The number of ether oxygens (including phenoxy) is 1. The largest absolute Gasteiger partial charge is 0.478 e. The molecule has 4 heteroatoms. The SMILES string of the molecule is CC(C)OCc1ccc(F)cc1/C=C/C(=O)O. The van der Waals surface area contributed by atoms with Crippen molar-refractivity contribution in [3.8, 4) is 0 Å². The summed E-state index contributed by atoms with van der Waals surface area (Å²) in [5.74, 6) is -1.46. The van der Waals surface area contributed by atoms with Gasteiger partial charge in [0.25, 0.3) is 0 Å². The van der Waals surface area contributed by atoms with E-state index in [0.29, 0.717) is 12.2 Å². The lowest BCUT2D eigenvalue weighted by atomic mass is 10.1. The molecule has 0 atom stereocenters. The van der Waals surface area contributed by atoms with Gasteiger partial charge >= 0.3 is 5.97 Å². The maximum atomic E-state index is 13.0. The molecule has 17 heavy (non-hydrogen) atoms. The van der Waals surface area contributed by atoms with Gasteiger partial charge in [0.05, 0.1) is 12.7 Å². The molecule has 0 unspecified atom stereocenters. The summed E-state index contributed by atoms with van der Waals surface area (Å²) in [5.41, 5.74) is 1.28. The molecule has 0 amide bonds. The normalized spacial score (nSPS) is 11.3. The molecule has 0 bridgehead atoms. The van der Waals surface area contributed by atoms with E-state index >= 15 is 0 Å². The molecular formula is C13H15FO3. The van der Waals surface area contributed by atoms with Crippen molar-refractivity contribution < 1.29 is 19.0 Å². The number of carbonyl (C=O) groups is 1. The van der Waals surface area contributed by atoms with Gasteiger partial charge in [0.1, 0.15) is 5.82 Å². The maximum absolute atomic E-state index is 13.0. The number of halogens is 1. The summed E-state index contributed by atoms with van der Waals surface area (Å²) in [7, 11) is 0. The van der Waals surface area contributed by atoms with Crippen LogP contribution in [0.1, 0.15) is 25.0 Å². The molecule has 0 heterocycles. The molecule has 0 spiro atoms. The van der Waals surface area contributed by atoms with Gasteiger partial charge < -0.3 is 9.84 Å². The highest BCUT2D eigenvalue weighted by Gasteiger charge is 2.04. The van der Waals surface area contributed by atoms with E-state index in [4.69, 9.17) is 9.84 Å². The summed E-state index contributed by atoms with van der Waals surface area (Å²) in [6.45, 7) is 4.13. The third-order valence-electron chi connectivity index (χ3n) is 2.09. The van der Waals surface area contributed by atoms with Crippen molar-refractivity contribution in [2.24, 2.45) is 0 Å². The van der Waals surface area contributed by atoms with Gasteiger partial charge in [0.15, 0.2) is 0 Å². The van der Waals surface area contributed by atoms with Gasteiger partial charge in [-0.2, -0.15) is 0 Å². The van der Waals surface area contributed by atoms with Crippen LogP contribution in [0.4, 0.5) is 4.39 Å². The van der Waals surface area contributed by atoms with E-state index in [1.807, 2.05) is 13.8 Å². The van der Waals surface area contributed by atoms with Crippen LogP contribution in [0.5, 0.6) is 0 Å². The molecule has 1 rings (SSSR count). The fourth-order valence-electron chi connectivity index (χ4n) is 1.27. The Morgan fingerprint density at radius 1 is 1.53 bits per heavy atom. The third-order valence-corrected chi connectivity index (χ3v) is 2.09. The minimum atomic E-state index is -1.06. The summed E-state index contributed by atoms with van der Waals surface area (Å²) in [6.07, 6.45) is 2.41. The summed E-state index contributed by atoms with van der Waals surface area (Å²) < 4.78 is 18.5. The van der Waals surface area contributed by atoms with Crippen LogP contribution in [0.15, 0.2) is 24.3 Å². The first-order chi connectivity index (χ1) is 7.99. The summed E-state index contributed by atoms with van der Waals surface area (Å²) >= 11 is 0. The van der Waals surface area contributed by atoms with Gasteiger partial charge in [-0.25, -0.2) is 9.18 Å². The van der Waals surface area contributed by atoms with E-state index in [1.165, 1.54) is 18.2 Å². The number of benzene rings is 1. The standard InChI is InChI=1S/C13H15FO3/c1-9(2)17-8-11-3-5-12(14)7-10(11)4-6-13(15)16/h3-7,9H,8H2,1-2H3,(H,15,16)/b6-4+. The molecule has 92 valence electrons. The van der Waals surface area contributed by atoms with Gasteiger partial charge in [0.2, 0.25) is 0 Å². The first-order valence-corrected chi connectivity index (χ1v) is 5.30. The number of aliphatic carboxylic acids is 1. The number of rotatable bonds is 5. The minimum absolute atomic E-state index is 0.0661. The molecular weight excluding hydrogens is 223 g/mol. The predicted octanol–water partition coefficient (Wildman–Crippen LogP) is 2.85. The summed E-state index contributed by atoms with van der Waals surface area (Å²) in [6, 6.07) is 4.22. The van der Waals surface area contributed by atoms with Gasteiger partial charge in [-0.3, -0.25) is 0 Å². The maximum Gasteiger partial charge on any atom is 0.328 e. The number of hydrogen-bond acceptors (Lipinski definition) is 2. The number of hydrogen-bond donors (Lipinski definition) is 1. The van der Waals surface area contributed by atoms with E-state index in [0.717, 1.165) is 11.6 Å². The Morgan fingerprint density at radius 2 is 2.24 bits per heavy atom. The van der Waals surface area contributed by atoms with E-state index in [9.17, 15) is 9.18 Å². The number of carboxylic acids is 1. The molecule has 0 fully saturated rings. The highest BCUT2D eigenvalue weighted by molar-refractivity contribution is 5.85. The Bertz CT molecular complexity index is 425. The van der Waals surface area contributed by atoms with Crippen LogP contribution in [0.3, 0.4) is 0 Å². The van der Waals surface area contributed by atoms with E-state index < -0.39 is 11.8 Å². The van der Waals surface area contributed by atoms with Crippen LogP contribution in [0.2, 0.25) is 0 Å². The first kappa shape index (κ1) is 13.4. The Balaban J connectivity index is 2.91. The molecule has 0 aliphatic rings. The van der Waals surface area contributed by atoms with Gasteiger partial charge in [-0.15, -0.1) is 0 Å². The van der Waals surface area contributed by atoms with Crippen LogP contribution < -0.4 is 0 Å². The molecule has 0 aliphatic heterocycles. The second-order valence-corrected chi connectivity index (χ2v) is 3.87. The summed E-state index contributed by atoms with van der Waals surface area (Å²) in [4.78, 5) is 10.4. The first-order valence-electron chi connectivity index (χ1n) is 5.30. The minimum Gasteiger partial charge on any atom is -0.478 e. The average molecular weight is 238 g/mol. The second kappa shape index (κ2) is 6.15. The van der Waals surface area contributed by atoms with Crippen LogP contribution in [-0.4, -0.2) is 17.2 Å². The third kappa shape index (κ3) is 4.78. The quantitative estimate of drug-likeness (QED) is 0.802. The lowest BCUT2D eigenvalue weighted by Crippen LogP contribution is -2.03. The topological polar surface area (TPSA) is 46.5 Å². The predicted molar refractivity (Wildman–Crippen MR) is 63.0 cm³/mol. The Kier molecular flexibility index (Phi) is 4.84. The monoisotopic (exact) mass is 238 g/mol. The average Bonchev–Trinajstić information content (AvgIpc) is 2.24. The molecule has 0 saturated carbocycles. The highest BCUT2D eigenvalue weighted by atomic mass is 19.1. The molecule has 0 saturated heterocycles. The van der Waals surface area contributed by atoms with Crippen molar-refractivity contribution in [2.75, 3.05) is 0 Å². The van der Waals surface area contributed by atoms with Crippen LogP contribution in [0, 0.1) is 5.82 Å². The van der Waals surface area contributed by atoms with Crippen molar-refractivity contribution >= 4 is 12.0 Å². The van der Waals surface area contributed by atoms with Crippen molar-refractivity contribution in [3.05, 3.63) is 41.2 Å². The Labute approximate surface area is 99.5 Å². The van der Waals surface area contributed by atoms with Crippen LogP contribution in [0.25, 0.3) is 6.08 Å². The Morgan fingerprint density at radius 3 is 2.82 bits per heavy atom. The number of carboxylic acid groups (broad SMARTS) is 1. The van der Waals surface area contributed by atoms with E-state index in [1.54, 1.807) is 6.07 Å². The molecule has 3 nitrogen and oxygen atoms in total. The lowest BCUT2D eigenvalue weighted by Gasteiger charge is -2.10. The molecule has 1 aromatic rings. The molecule has 0 aliphatic carbocycles. The zero-order valence-electron chi connectivity index (χ0n) is 9.81. The van der Waals surface area contributed by atoms with Crippen molar-refractivity contribution in [3.63, 3.8) is 0 Å². The molecule has 1 aromatic carbocycles. The van der Waals surface area contributed by atoms with Gasteiger partial charge in [0, 0.05) is 6.08 Å². The van der Waals surface area contributed by atoms with Crippen molar-refractivity contribution in [1.82, 2.24) is 0 Å². The highest BCUT2D eigenvalue weighted by Crippen LogP contribution is 2.15. The van der Waals surface area contributed by atoms with Crippen molar-refractivity contribution in [2.45, 2.75) is 26.6 Å². The van der Waals surface area contributed by atoms with Crippen LogP contribution >= 0.6 is 0 Å². The Hall–Kier alpha value is -1.68. The van der Waals surface area contributed by atoms with Crippen LogP contribution in [-0.2, 0) is 16.1 Å². The molecule has 1 N–H and O–H groups in total. The second-order valence-electron chi connectivity index (χ2n) is 3.87.